The molecule has 6 nitrogen and oxygen atoms in total. The van der Waals surface area contributed by atoms with Crippen LogP contribution < -0.4 is 0 Å². The molecule has 0 aromatic rings. The van der Waals surface area contributed by atoms with Crippen molar-refractivity contribution in [3.63, 3.8) is 0 Å². The molecule has 0 aliphatic carbocycles. The number of carbonyl (C=O) groups is 6. The molecular weight excluding hydrogens is 1030 g/mol. The standard InChI is InChI=1S/2C14H28O.2C13H26O.C13H24O.C11H22O/c1-12(2)10-8-6-5-7-9-11-14(15)13(3)4;1-5-13(4)10-8-6-7-9-11-14(15)12(2)3;1-11(2)9-7-5-6-8-10-13(14)12(3)4;2*1-4-5-6-7-8-9-10-11-13(14)12(2)3;1-4-5-6-7-8-9-11(12)10(2)3/h2*12-13H,5-11H2,1-4H3;11-12H,5-10H2,1-4H3;12H,4-11H2,1-3H3;8-9,12H,4-7,10-11H2,1-3H3;10H,4-9H2,1-3H3/b;;;;9-8+;. The lowest BCUT2D eigenvalue weighted by Gasteiger charge is -2.07. The van der Waals surface area contributed by atoms with Crippen molar-refractivity contribution in [2.24, 2.45) is 53.3 Å². The minimum absolute atomic E-state index is 0.198. The zero-order valence-corrected chi connectivity index (χ0v) is 61.1. The van der Waals surface area contributed by atoms with E-state index in [1.165, 1.54) is 180 Å². The van der Waals surface area contributed by atoms with Crippen LogP contribution in [0.15, 0.2) is 12.2 Å². The van der Waals surface area contributed by atoms with E-state index < -0.39 is 0 Å². The molecule has 0 saturated carbocycles. The summed E-state index contributed by atoms with van der Waals surface area (Å²) in [6, 6.07) is 0. The number of ketones is 6. The number of hydrogen-bond acceptors (Lipinski definition) is 6. The molecule has 0 bridgehead atoms. The van der Waals surface area contributed by atoms with Crippen molar-refractivity contribution >= 4 is 34.7 Å². The van der Waals surface area contributed by atoms with E-state index in [-0.39, 0.29) is 35.5 Å². The Hall–Kier alpha value is -2.24. The van der Waals surface area contributed by atoms with Gasteiger partial charge >= 0.3 is 0 Å². The van der Waals surface area contributed by atoms with Gasteiger partial charge in [-0.05, 0) is 69.1 Å². The van der Waals surface area contributed by atoms with E-state index in [0.29, 0.717) is 41.1 Å². The van der Waals surface area contributed by atoms with Crippen molar-refractivity contribution in [1.29, 1.82) is 0 Å². The van der Waals surface area contributed by atoms with Gasteiger partial charge in [0.25, 0.3) is 0 Å². The first-order valence-electron chi connectivity index (χ1n) is 36.5. The largest absolute Gasteiger partial charge is 0.299 e. The second-order valence-corrected chi connectivity index (χ2v) is 27.8. The van der Waals surface area contributed by atoms with Gasteiger partial charge in [-0.25, -0.2) is 0 Å². The lowest BCUT2D eigenvalue weighted by Crippen LogP contribution is -2.06. The number of unbranched alkanes of at least 4 members (excludes halogenated alkanes) is 23. The first kappa shape index (κ1) is 92.9. The summed E-state index contributed by atoms with van der Waals surface area (Å²) >= 11 is 0. The highest BCUT2D eigenvalue weighted by atomic mass is 16.1. The van der Waals surface area contributed by atoms with E-state index in [0.717, 1.165) is 88.4 Å². The molecule has 0 N–H and O–H groups in total. The molecule has 6 heteroatoms. The van der Waals surface area contributed by atoms with E-state index in [2.05, 4.69) is 74.5 Å². The first-order valence-corrected chi connectivity index (χ1v) is 36.5. The van der Waals surface area contributed by atoms with Crippen molar-refractivity contribution in [2.45, 2.75) is 402 Å². The number of rotatable bonds is 50. The molecule has 0 aromatic carbocycles. The van der Waals surface area contributed by atoms with E-state index in [4.69, 9.17) is 0 Å². The summed E-state index contributed by atoms with van der Waals surface area (Å²) in [5.74, 6) is 6.40. The molecule has 1 unspecified atom stereocenters. The molecule has 502 valence electrons. The van der Waals surface area contributed by atoms with E-state index in [1.807, 2.05) is 83.1 Å². The second-order valence-electron chi connectivity index (χ2n) is 27.8. The third-order valence-corrected chi connectivity index (χ3v) is 15.8. The van der Waals surface area contributed by atoms with Crippen LogP contribution in [0.5, 0.6) is 0 Å². The SMILES string of the molecule is CC(C)CCCCCCC(=O)C(C)C.CC(C)CCCCCCCC(=O)C(C)C.CCC(C)CCCCCCC(=O)C(C)C.CCCCC/C=C/CCC(=O)C(C)C.CCCCCCCC(=O)C(C)C.CCCCCCCCCC(=O)C(C)C. The number of allylic oxidation sites excluding steroid dienone is 2. The van der Waals surface area contributed by atoms with Crippen molar-refractivity contribution < 1.29 is 28.8 Å². The Morgan fingerprint density at radius 2 is 0.452 bits per heavy atom. The van der Waals surface area contributed by atoms with Gasteiger partial charge in [0.15, 0.2) is 0 Å². The maximum atomic E-state index is 11.3. The summed E-state index contributed by atoms with van der Waals surface area (Å²) in [6.07, 6.45) is 51.8. The smallest absolute Gasteiger partial charge is 0.135 e. The summed E-state index contributed by atoms with van der Waals surface area (Å²) in [6.45, 7) is 44.1. The Labute approximate surface area is 528 Å². The molecule has 0 amide bonds. The predicted molar refractivity (Wildman–Crippen MR) is 374 cm³/mol. The van der Waals surface area contributed by atoms with Crippen LogP contribution in [0.4, 0.5) is 0 Å². The highest BCUT2D eigenvalue weighted by Crippen LogP contribution is 2.17. The van der Waals surface area contributed by atoms with E-state index in [9.17, 15) is 28.8 Å². The van der Waals surface area contributed by atoms with Crippen LogP contribution in [-0.2, 0) is 28.8 Å². The van der Waals surface area contributed by atoms with E-state index >= 15 is 0 Å². The van der Waals surface area contributed by atoms with Gasteiger partial charge < -0.3 is 0 Å². The van der Waals surface area contributed by atoms with Crippen molar-refractivity contribution in [3.05, 3.63) is 12.2 Å². The van der Waals surface area contributed by atoms with Gasteiger partial charge in [-0.1, -0.05) is 324 Å². The summed E-state index contributed by atoms with van der Waals surface area (Å²) in [7, 11) is 0. The summed E-state index contributed by atoms with van der Waals surface area (Å²) in [5.41, 5.74) is 0. The van der Waals surface area contributed by atoms with Gasteiger partial charge in [-0.3, -0.25) is 28.8 Å². The molecule has 0 spiro atoms. The second kappa shape index (κ2) is 71.5. The molecule has 0 rings (SSSR count). The van der Waals surface area contributed by atoms with Crippen LogP contribution in [0.1, 0.15) is 402 Å². The quantitative estimate of drug-likeness (QED) is 0.0444. The van der Waals surface area contributed by atoms with Crippen molar-refractivity contribution in [1.82, 2.24) is 0 Å². The molecule has 1 atom stereocenters. The molecule has 0 aromatic heterocycles. The summed E-state index contributed by atoms with van der Waals surface area (Å²) in [5, 5.41) is 0. The molecule has 0 radical (unpaired) electrons. The fraction of sp³-hybridized carbons (Fsp3) is 0.897. The Balaban J connectivity index is -0.000000218. The van der Waals surface area contributed by atoms with E-state index in [1.54, 1.807) is 0 Å². The fourth-order valence-electron chi connectivity index (χ4n) is 8.80. The van der Waals surface area contributed by atoms with Crippen molar-refractivity contribution in [3.8, 4) is 0 Å². The highest BCUT2D eigenvalue weighted by Gasteiger charge is 2.10. The first-order chi connectivity index (χ1) is 39.7. The fourth-order valence-corrected chi connectivity index (χ4v) is 8.80. The zero-order valence-electron chi connectivity index (χ0n) is 61.1. The number of Topliss-reactive ketones (excluding diaryl/α,β-unsaturated/α-hetero) is 6. The molecule has 0 heterocycles. The molecule has 84 heavy (non-hydrogen) atoms. The molecule has 0 aliphatic rings. The van der Waals surface area contributed by atoms with Crippen LogP contribution in [0.3, 0.4) is 0 Å². The lowest BCUT2D eigenvalue weighted by molar-refractivity contribution is -0.122. The van der Waals surface area contributed by atoms with Crippen LogP contribution in [0.25, 0.3) is 0 Å². The molecule has 0 aliphatic heterocycles. The van der Waals surface area contributed by atoms with Gasteiger partial charge in [-0.15, -0.1) is 0 Å². The average Bonchev–Trinajstić information content (AvgIpc) is 3.44. The van der Waals surface area contributed by atoms with Crippen LogP contribution >= 0.6 is 0 Å². The Morgan fingerprint density at radius 1 is 0.238 bits per heavy atom. The monoisotopic (exact) mass is 1190 g/mol. The number of hydrogen-bond donors (Lipinski definition) is 0. The summed E-state index contributed by atoms with van der Waals surface area (Å²) < 4.78 is 0. The topological polar surface area (TPSA) is 102 Å². The molecule has 0 fully saturated rings. The van der Waals surface area contributed by atoms with Gasteiger partial charge in [-0.2, -0.15) is 0 Å². The highest BCUT2D eigenvalue weighted by molar-refractivity contribution is 5.82. The van der Waals surface area contributed by atoms with Gasteiger partial charge in [0.05, 0.1) is 0 Å². The normalized spacial score (nSPS) is 11.5. The maximum absolute atomic E-state index is 11.3. The molecule has 0 saturated heterocycles. The third kappa shape index (κ3) is 84.0. The van der Waals surface area contributed by atoms with Crippen LogP contribution in [0, 0.1) is 53.3 Å². The van der Waals surface area contributed by atoms with Crippen LogP contribution in [0.2, 0.25) is 0 Å². The Kier molecular flexibility index (Phi) is 79.1. The van der Waals surface area contributed by atoms with Gasteiger partial charge in [0.2, 0.25) is 0 Å². The van der Waals surface area contributed by atoms with Gasteiger partial charge in [0.1, 0.15) is 34.7 Å². The lowest BCUT2D eigenvalue weighted by atomic mass is 9.98. The van der Waals surface area contributed by atoms with Crippen LogP contribution in [-0.4, -0.2) is 34.7 Å². The Morgan fingerprint density at radius 3 is 0.702 bits per heavy atom. The third-order valence-electron chi connectivity index (χ3n) is 15.8. The predicted octanol–water partition coefficient (Wildman–Crippen LogP) is 25.5. The van der Waals surface area contributed by atoms with Crippen molar-refractivity contribution in [2.75, 3.05) is 0 Å². The average molecular weight is 1190 g/mol. The Bertz CT molecular complexity index is 1450. The maximum Gasteiger partial charge on any atom is 0.135 e. The summed E-state index contributed by atoms with van der Waals surface area (Å²) in [4.78, 5) is 67.6. The minimum Gasteiger partial charge on any atom is -0.299 e. The molecular formula is C78H154O6. The minimum atomic E-state index is 0.198. The van der Waals surface area contributed by atoms with Gasteiger partial charge in [0, 0.05) is 74.0 Å². The number of carbonyl (C=O) groups excluding carboxylic acids is 6. The zero-order chi connectivity index (χ0) is 65.4.